The molecule has 0 amide bonds. The number of aldehydes is 1. The van der Waals surface area contributed by atoms with Crippen molar-refractivity contribution < 1.29 is 4.79 Å². The molecule has 1 aromatic heterocycles. The van der Waals surface area contributed by atoms with Gasteiger partial charge in [-0.3, -0.25) is 9.89 Å². The molecule has 4 nitrogen and oxygen atoms in total. The van der Waals surface area contributed by atoms with Gasteiger partial charge in [0.1, 0.15) is 6.29 Å². The Kier molecular flexibility index (Phi) is 4.12. The van der Waals surface area contributed by atoms with Gasteiger partial charge in [-0.15, -0.1) is 0 Å². The predicted molar refractivity (Wildman–Crippen MR) is 86.8 cm³/mol. The van der Waals surface area contributed by atoms with Crippen LogP contribution in [0.5, 0.6) is 0 Å². The van der Waals surface area contributed by atoms with E-state index in [0.717, 1.165) is 28.5 Å². The molecule has 1 unspecified atom stereocenters. The Labute approximate surface area is 129 Å². The van der Waals surface area contributed by atoms with E-state index in [1.165, 1.54) is 0 Å². The lowest BCUT2D eigenvalue weighted by atomic mass is 9.90. The van der Waals surface area contributed by atoms with E-state index in [9.17, 15) is 4.79 Å². The average Bonchev–Trinajstić information content (AvgIpc) is 3.11. The lowest BCUT2D eigenvalue weighted by Crippen LogP contribution is -2.13. The summed E-state index contributed by atoms with van der Waals surface area (Å²) in [5, 5.41) is 6.78. The number of benzene rings is 2. The standard InChI is InChI=1S/C18H17N3O/c19-9-18(15-3-1-13(12-22)2-4-15)16-7-5-14(6-8-16)17-10-20-21-11-17/h1-8,10-12,18H,9,19H2,(H,20,21). The number of aromatic nitrogens is 2. The molecule has 0 fully saturated rings. The van der Waals surface area contributed by atoms with Gasteiger partial charge in [0.15, 0.2) is 0 Å². The van der Waals surface area contributed by atoms with Crippen molar-refractivity contribution in [3.05, 3.63) is 77.6 Å². The molecule has 0 bridgehead atoms. The number of aromatic amines is 1. The average molecular weight is 291 g/mol. The highest BCUT2D eigenvalue weighted by Gasteiger charge is 2.12. The third kappa shape index (κ3) is 2.82. The van der Waals surface area contributed by atoms with Crippen molar-refractivity contribution >= 4 is 6.29 Å². The van der Waals surface area contributed by atoms with Gasteiger partial charge in [-0.2, -0.15) is 5.10 Å². The zero-order valence-corrected chi connectivity index (χ0v) is 12.1. The minimum atomic E-state index is 0.124. The van der Waals surface area contributed by atoms with Crippen molar-refractivity contribution in [2.45, 2.75) is 5.92 Å². The largest absolute Gasteiger partial charge is 0.330 e. The van der Waals surface area contributed by atoms with Gasteiger partial charge in [-0.1, -0.05) is 48.5 Å². The first-order chi connectivity index (χ1) is 10.8. The summed E-state index contributed by atoms with van der Waals surface area (Å²) < 4.78 is 0. The number of hydrogen-bond donors (Lipinski definition) is 2. The molecular weight excluding hydrogens is 274 g/mol. The van der Waals surface area contributed by atoms with Gasteiger partial charge < -0.3 is 5.73 Å². The molecule has 2 aromatic carbocycles. The third-order valence-corrected chi connectivity index (χ3v) is 3.86. The number of nitrogens with two attached hydrogens (primary N) is 1. The van der Waals surface area contributed by atoms with Crippen molar-refractivity contribution in [1.29, 1.82) is 0 Å². The highest BCUT2D eigenvalue weighted by atomic mass is 16.1. The van der Waals surface area contributed by atoms with Crippen LogP contribution in [0.4, 0.5) is 0 Å². The first-order valence-electron chi connectivity index (χ1n) is 7.16. The van der Waals surface area contributed by atoms with Crippen molar-refractivity contribution in [2.24, 2.45) is 5.73 Å². The van der Waals surface area contributed by atoms with Crippen LogP contribution in [0.1, 0.15) is 27.4 Å². The highest BCUT2D eigenvalue weighted by molar-refractivity contribution is 5.74. The van der Waals surface area contributed by atoms with E-state index in [1.54, 1.807) is 6.20 Å². The molecule has 3 N–H and O–H groups in total. The molecule has 0 saturated carbocycles. The lowest BCUT2D eigenvalue weighted by molar-refractivity contribution is 0.112. The fourth-order valence-electron chi connectivity index (χ4n) is 2.59. The summed E-state index contributed by atoms with van der Waals surface area (Å²) in [4.78, 5) is 10.7. The van der Waals surface area contributed by atoms with Crippen molar-refractivity contribution in [3.63, 3.8) is 0 Å². The maximum absolute atomic E-state index is 10.7. The summed E-state index contributed by atoms with van der Waals surface area (Å²) in [6.45, 7) is 0.519. The second kappa shape index (κ2) is 6.37. The van der Waals surface area contributed by atoms with Crippen LogP contribution in [0.2, 0.25) is 0 Å². The summed E-state index contributed by atoms with van der Waals surface area (Å²) in [6.07, 6.45) is 4.52. The normalized spacial score (nSPS) is 12.0. The van der Waals surface area contributed by atoms with Crippen LogP contribution in [0.3, 0.4) is 0 Å². The first kappa shape index (κ1) is 14.2. The number of H-pyrrole nitrogens is 1. The Morgan fingerprint density at radius 2 is 1.64 bits per heavy atom. The Morgan fingerprint density at radius 3 is 2.14 bits per heavy atom. The number of nitrogens with zero attached hydrogens (tertiary/aromatic N) is 1. The molecule has 0 aliphatic rings. The maximum Gasteiger partial charge on any atom is 0.150 e. The van der Waals surface area contributed by atoms with Gasteiger partial charge in [-0.25, -0.2) is 0 Å². The number of carbonyl (C=O) groups is 1. The molecule has 0 aliphatic heterocycles. The summed E-state index contributed by atoms with van der Waals surface area (Å²) in [7, 11) is 0. The molecule has 0 aliphatic carbocycles. The molecule has 110 valence electrons. The van der Waals surface area contributed by atoms with Gasteiger partial charge >= 0.3 is 0 Å². The summed E-state index contributed by atoms with van der Waals surface area (Å²) in [5.41, 5.74) is 11.1. The highest BCUT2D eigenvalue weighted by Crippen LogP contribution is 2.26. The van der Waals surface area contributed by atoms with Gasteiger partial charge in [0.25, 0.3) is 0 Å². The van der Waals surface area contributed by atoms with E-state index in [1.807, 2.05) is 30.5 Å². The molecule has 22 heavy (non-hydrogen) atoms. The van der Waals surface area contributed by atoms with Crippen LogP contribution >= 0.6 is 0 Å². The molecule has 1 atom stereocenters. The monoisotopic (exact) mass is 291 g/mol. The molecule has 4 heteroatoms. The minimum absolute atomic E-state index is 0.124. The van der Waals surface area contributed by atoms with Crippen LogP contribution < -0.4 is 5.73 Å². The maximum atomic E-state index is 10.7. The van der Waals surface area contributed by atoms with Gasteiger partial charge in [0.2, 0.25) is 0 Å². The van der Waals surface area contributed by atoms with E-state index in [-0.39, 0.29) is 5.92 Å². The van der Waals surface area contributed by atoms with Gasteiger partial charge in [-0.05, 0) is 16.7 Å². The van der Waals surface area contributed by atoms with Crippen LogP contribution in [-0.4, -0.2) is 23.0 Å². The Morgan fingerprint density at radius 1 is 1.00 bits per heavy atom. The lowest BCUT2D eigenvalue weighted by Gasteiger charge is -2.16. The van der Waals surface area contributed by atoms with Crippen LogP contribution in [-0.2, 0) is 0 Å². The van der Waals surface area contributed by atoms with Crippen molar-refractivity contribution in [1.82, 2.24) is 10.2 Å². The van der Waals surface area contributed by atoms with Crippen LogP contribution in [0.25, 0.3) is 11.1 Å². The molecule has 3 rings (SSSR count). The number of nitrogens with one attached hydrogen (secondary N) is 1. The number of carbonyl (C=O) groups excluding carboxylic acids is 1. The quantitative estimate of drug-likeness (QED) is 0.710. The van der Waals surface area contributed by atoms with Crippen LogP contribution in [0.15, 0.2) is 60.9 Å². The zero-order valence-electron chi connectivity index (χ0n) is 12.1. The predicted octanol–water partition coefficient (Wildman–Crippen LogP) is 2.98. The SMILES string of the molecule is NCC(c1ccc(C=O)cc1)c1ccc(-c2cn[nH]c2)cc1. The first-order valence-corrected chi connectivity index (χ1v) is 7.16. The van der Waals surface area contributed by atoms with Crippen LogP contribution in [0, 0.1) is 0 Å². The van der Waals surface area contributed by atoms with Gasteiger partial charge in [0, 0.05) is 29.8 Å². The summed E-state index contributed by atoms with van der Waals surface area (Å²) in [6, 6.07) is 15.9. The summed E-state index contributed by atoms with van der Waals surface area (Å²) >= 11 is 0. The molecule has 1 heterocycles. The van der Waals surface area contributed by atoms with E-state index < -0.39 is 0 Å². The van der Waals surface area contributed by atoms with E-state index >= 15 is 0 Å². The Balaban J connectivity index is 1.88. The Bertz CT molecular complexity index is 731. The fourth-order valence-corrected chi connectivity index (χ4v) is 2.59. The third-order valence-electron chi connectivity index (χ3n) is 3.86. The van der Waals surface area contributed by atoms with E-state index in [2.05, 4.69) is 34.5 Å². The molecule has 3 aromatic rings. The van der Waals surface area contributed by atoms with Crippen molar-refractivity contribution in [3.8, 4) is 11.1 Å². The zero-order chi connectivity index (χ0) is 15.4. The molecular formula is C18H17N3O. The summed E-state index contributed by atoms with van der Waals surface area (Å²) in [5.74, 6) is 0.124. The minimum Gasteiger partial charge on any atom is -0.330 e. The van der Waals surface area contributed by atoms with E-state index in [0.29, 0.717) is 12.1 Å². The second-order valence-electron chi connectivity index (χ2n) is 5.18. The van der Waals surface area contributed by atoms with Gasteiger partial charge in [0.05, 0.1) is 6.20 Å². The molecule has 0 radical (unpaired) electrons. The molecule has 0 saturated heterocycles. The second-order valence-corrected chi connectivity index (χ2v) is 5.18. The fraction of sp³-hybridized carbons (Fsp3) is 0.111. The number of rotatable bonds is 5. The van der Waals surface area contributed by atoms with Crippen molar-refractivity contribution in [2.75, 3.05) is 6.54 Å². The smallest absolute Gasteiger partial charge is 0.150 e. The molecule has 0 spiro atoms. The number of hydrogen-bond acceptors (Lipinski definition) is 3. The Hall–Kier alpha value is -2.72. The van der Waals surface area contributed by atoms with E-state index in [4.69, 9.17) is 5.73 Å². The topological polar surface area (TPSA) is 71.8 Å².